The standard InChI is InChI=1S/C20H24ClN3O4S/c1-14-10-17(21)19(29(26,27)24-16-8-5-9-22-12-16)11-18(14)28-13-20(25)23-15-6-3-2-4-7-15/h5,8-12,15,24H,2-4,6-7,13H2,1H3,(H,23,25). The van der Waals surface area contributed by atoms with Crippen LogP contribution in [0.1, 0.15) is 37.7 Å². The van der Waals surface area contributed by atoms with Crippen LogP contribution in [0.15, 0.2) is 41.6 Å². The van der Waals surface area contributed by atoms with Crippen LogP contribution in [-0.4, -0.2) is 32.0 Å². The van der Waals surface area contributed by atoms with Gasteiger partial charge in [0.2, 0.25) is 0 Å². The van der Waals surface area contributed by atoms with E-state index in [1.165, 1.54) is 24.8 Å². The van der Waals surface area contributed by atoms with Crippen molar-refractivity contribution in [3.05, 3.63) is 47.2 Å². The first-order valence-electron chi connectivity index (χ1n) is 9.50. The molecule has 1 fully saturated rings. The van der Waals surface area contributed by atoms with E-state index in [0.29, 0.717) is 17.0 Å². The Hall–Kier alpha value is -2.32. The fraction of sp³-hybridized carbons (Fsp3) is 0.400. The number of hydrogen-bond donors (Lipinski definition) is 2. The minimum absolute atomic E-state index is 0.0675. The lowest BCUT2D eigenvalue weighted by Gasteiger charge is -2.22. The van der Waals surface area contributed by atoms with E-state index in [9.17, 15) is 13.2 Å². The van der Waals surface area contributed by atoms with E-state index in [0.717, 1.165) is 25.7 Å². The number of amides is 1. The molecule has 156 valence electrons. The quantitative estimate of drug-likeness (QED) is 0.688. The number of sulfonamides is 1. The Labute approximate surface area is 175 Å². The van der Waals surface area contributed by atoms with Gasteiger partial charge in [0.05, 0.1) is 16.9 Å². The Kier molecular flexibility index (Phi) is 6.97. The monoisotopic (exact) mass is 437 g/mol. The van der Waals surface area contributed by atoms with Crippen molar-refractivity contribution in [1.29, 1.82) is 0 Å². The van der Waals surface area contributed by atoms with Crippen molar-refractivity contribution in [3.63, 3.8) is 0 Å². The molecule has 1 aliphatic carbocycles. The van der Waals surface area contributed by atoms with Crippen LogP contribution in [0.5, 0.6) is 5.75 Å². The van der Waals surface area contributed by atoms with Crippen molar-refractivity contribution < 1.29 is 17.9 Å². The zero-order valence-corrected chi connectivity index (χ0v) is 17.7. The van der Waals surface area contributed by atoms with Gasteiger partial charge in [-0.2, -0.15) is 0 Å². The van der Waals surface area contributed by atoms with E-state index in [1.807, 2.05) is 0 Å². The van der Waals surface area contributed by atoms with Gasteiger partial charge >= 0.3 is 0 Å². The first-order valence-corrected chi connectivity index (χ1v) is 11.4. The average molecular weight is 438 g/mol. The zero-order valence-electron chi connectivity index (χ0n) is 16.2. The number of carbonyl (C=O) groups is 1. The summed E-state index contributed by atoms with van der Waals surface area (Å²) >= 11 is 6.17. The van der Waals surface area contributed by atoms with Gasteiger partial charge in [-0.3, -0.25) is 14.5 Å². The number of carbonyl (C=O) groups excluding carboxylic acids is 1. The van der Waals surface area contributed by atoms with Crippen molar-refractivity contribution in [2.75, 3.05) is 11.3 Å². The Morgan fingerprint density at radius 3 is 2.72 bits per heavy atom. The highest BCUT2D eigenvalue weighted by molar-refractivity contribution is 7.92. The largest absolute Gasteiger partial charge is 0.483 e. The van der Waals surface area contributed by atoms with Crippen LogP contribution in [-0.2, 0) is 14.8 Å². The average Bonchev–Trinajstić information content (AvgIpc) is 2.68. The normalized spacial score (nSPS) is 15.0. The third kappa shape index (κ3) is 5.83. The highest BCUT2D eigenvalue weighted by Crippen LogP contribution is 2.31. The molecule has 2 aromatic rings. The zero-order chi connectivity index (χ0) is 20.9. The number of nitrogens with zero attached hydrogens (tertiary/aromatic N) is 1. The summed E-state index contributed by atoms with van der Waals surface area (Å²) in [5.41, 5.74) is 0.958. The third-order valence-corrected chi connectivity index (χ3v) is 6.61. The number of nitrogens with one attached hydrogen (secondary N) is 2. The predicted octanol–water partition coefficient (Wildman–Crippen LogP) is 3.67. The van der Waals surface area contributed by atoms with Crippen molar-refractivity contribution in [2.24, 2.45) is 0 Å². The second-order valence-electron chi connectivity index (χ2n) is 7.09. The molecule has 1 aromatic carbocycles. The molecule has 1 aliphatic rings. The summed E-state index contributed by atoms with van der Waals surface area (Å²) in [6.07, 6.45) is 8.34. The Morgan fingerprint density at radius 1 is 1.28 bits per heavy atom. The lowest BCUT2D eigenvalue weighted by Crippen LogP contribution is -2.39. The summed E-state index contributed by atoms with van der Waals surface area (Å²) in [7, 11) is -3.95. The number of benzene rings is 1. The Balaban J connectivity index is 1.70. The van der Waals surface area contributed by atoms with Crippen molar-refractivity contribution >= 4 is 33.2 Å². The highest BCUT2D eigenvalue weighted by Gasteiger charge is 2.21. The van der Waals surface area contributed by atoms with Crippen molar-refractivity contribution in [2.45, 2.75) is 50.0 Å². The predicted molar refractivity (Wildman–Crippen MR) is 112 cm³/mol. The molecule has 0 bridgehead atoms. The lowest BCUT2D eigenvalue weighted by molar-refractivity contribution is -0.124. The molecule has 9 heteroatoms. The summed E-state index contributed by atoms with van der Waals surface area (Å²) < 4.78 is 33.5. The fourth-order valence-electron chi connectivity index (χ4n) is 3.29. The molecule has 0 atom stereocenters. The fourth-order valence-corrected chi connectivity index (χ4v) is 4.93. The van der Waals surface area contributed by atoms with Crippen LogP contribution in [0.3, 0.4) is 0 Å². The van der Waals surface area contributed by atoms with Gasteiger partial charge in [-0.05, 0) is 43.5 Å². The van der Waals surface area contributed by atoms with Crippen LogP contribution in [0.4, 0.5) is 5.69 Å². The topological polar surface area (TPSA) is 97.4 Å². The number of anilines is 1. The Bertz CT molecular complexity index is 961. The van der Waals surface area contributed by atoms with Gasteiger partial charge in [-0.1, -0.05) is 30.9 Å². The molecule has 1 saturated carbocycles. The summed E-state index contributed by atoms with van der Waals surface area (Å²) in [6.45, 7) is 1.56. The Morgan fingerprint density at radius 2 is 2.03 bits per heavy atom. The molecule has 0 spiro atoms. The van der Waals surface area contributed by atoms with E-state index >= 15 is 0 Å². The van der Waals surface area contributed by atoms with Crippen LogP contribution in [0, 0.1) is 6.92 Å². The number of halogens is 1. The summed E-state index contributed by atoms with van der Waals surface area (Å²) in [4.78, 5) is 15.9. The number of ether oxygens (including phenoxy) is 1. The van der Waals surface area contributed by atoms with Crippen molar-refractivity contribution in [3.8, 4) is 5.75 Å². The van der Waals surface area contributed by atoms with E-state index in [1.54, 1.807) is 25.3 Å². The van der Waals surface area contributed by atoms with Gasteiger partial charge in [-0.25, -0.2) is 8.42 Å². The molecule has 7 nitrogen and oxygen atoms in total. The first-order chi connectivity index (χ1) is 13.8. The number of pyridine rings is 1. The van der Waals surface area contributed by atoms with Crippen LogP contribution >= 0.6 is 11.6 Å². The molecule has 0 aliphatic heterocycles. The van der Waals surface area contributed by atoms with Crippen LogP contribution < -0.4 is 14.8 Å². The molecule has 1 heterocycles. The number of rotatable bonds is 7. The van der Waals surface area contributed by atoms with E-state index in [-0.39, 0.29) is 28.5 Å². The summed E-state index contributed by atoms with van der Waals surface area (Å²) in [5.74, 6) is 0.0731. The second kappa shape index (κ2) is 9.45. The summed E-state index contributed by atoms with van der Waals surface area (Å²) in [5, 5.41) is 3.04. The smallest absolute Gasteiger partial charge is 0.263 e. The van der Waals surface area contributed by atoms with Crippen LogP contribution in [0.25, 0.3) is 0 Å². The highest BCUT2D eigenvalue weighted by atomic mass is 35.5. The van der Waals surface area contributed by atoms with Gasteiger partial charge in [0.1, 0.15) is 10.6 Å². The van der Waals surface area contributed by atoms with E-state index < -0.39 is 10.0 Å². The molecule has 0 saturated heterocycles. The minimum atomic E-state index is -3.95. The maximum absolute atomic E-state index is 12.7. The molecule has 2 N–H and O–H groups in total. The van der Waals surface area contributed by atoms with Crippen molar-refractivity contribution in [1.82, 2.24) is 10.3 Å². The number of hydrogen-bond acceptors (Lipinski definition) is 5. The number of aryl methyl sites for hydroxylation is 1. The SMILES string of the molecule is Cc1cc(Cl)c(S(=O)(=O)Nc2cccnc2)cc1OCC(=O)NC1CCCCC1. The molecule has 0 unspecified atom stereocenters. The maximum Gasteiger partial charge on any atom is 0.263 e. The maximum atomic E-state index is 12.7. The number of aromatic nitrogens is 1. The van der Waals surface area contributed by atoms with Gasteiger partial charge < -0.3 is 10.1 Å². The molecule has 3 rings (SSSR count). The molecular formula is C20H24ClN3O4S. The second-order valence-corrected chi connectivity index (χ2v) is 9.14. The molecule has 1 amide bonds. The van der Waals surface area contributed by atoms with Gasteiger partial charge in [0.25, 0.3) is 15.9 Å². The van der Waals surface area contributed by atoms with Gasteiger partial charge in [-0.15, -0.1) is 0 Å². The first kappa shape index (κ1) is 21.4. The lowest BCUT2D eigenvalue weighted by atomic mass is 9.95. The van der Waals surface area contributed by atoms with Gasteiger partial charge in [0, 0.05) is 18.3 Å². The van der Waals surface area contributed by atoms with Gasteiger partial charge in [0.15, 0.2) is 6.61 Å². The molecule has 29 heavy (non-hydrogen) atoms. The van der Waals surface area contributed by atoms with E-state index in [2.05, 4.69) is 15.0 Å². The third-order valence-electron chi connectivity index (χ3n) is 4.76. The molecular weight excluding hydrogens is 414 g/mol. The molecule has 0 radical (unpaired) electrons. The summed E-state index contributed by atoms with van der Waals surface area (Å²) in [6, 6.07) is 6.23. The van der Waals surface area contributed by atoms with Crippen LogP contribution in [0.2, 0.25) is 5.02 Å². The van der Waals surface area contributed by atoms with E-state index in [4.69, 9.17) is 16.3 Å². The molecule has 1 aromatic heterocycles. The minimum Gasteiger partial charge on any atom is -0.483 e.